The van der Waals surface area contributed by atoms with Gasteiger partial charge in [-0.3, -0.25) is 9.59 Å². The zero-order valence-electron chi connectivity index (χ0n) is 15.4. The number of benzene rings is 2. The van der Waals surface area contributed by atoms with Crippen LogP contribution in [0, 0.1) is 0 Å². The summed E-state index contributed by atoms with van der Waals surface area (Å²) in [4.78, 5) is 29.4. The zero-order chi connectivity index (χ0) is 21.0. The fourth-order valence-corrected chi connectivity index (χ4v) is 4.44. The summed E-state index contributed by atoms with van der Waals surface area (Å²) in [7, 11) is -3.27. The minimum atomic E-state index is -3.27. The summed E-state index contributed by atoms with van der Waals surface area (Å²) in [5.41, 5.74) is 1.04. The van der Waals surface area contributed by atoms with Gasteiger partial charge in [0.1, 0.15) is 0 Å². The molecule has 0 fully saturated rings. The average Bonchev–Trinajstić information content (AvgIpc) is 3.16. The van der Waals surface area contributed by atoms with E-state index in [1.54, 1.807) is 43.3 Å². The molecular weight excluding hydrogens is 432 g/mol. The third-order valence-electron chi connectivity index (χ3n) is 4.12. The monoisotopic (exact) mass is 448 g/mol. The van der Waals surface area contributed by atoms with Gasteiger partial charge in [-0.15, -0.1) is 0 Å². The Morgan fingerprint density at radius 1 is 1.10 bits per heavy atom. The molecule has 3 rings (SSSR count). The largest absolute Gasteiger partial charge is 0.302 e. The smallest absolute Gasteiger partial charge is 0.230 e. The first-order chi connectivity index (χ1) is 13.8. The van der Waals surface area contributed by atoms with Crippen molar-refractivity contribution in [2.45, 2.75) is 18.2 Å². The van der Waals surface area contributed by atoms with E-state index in [-0.39, 0.29) is 28.8 Å². The number of carbonyl (C=O) groups is 2. The maximum Gasteiger partial charge on any atom is 0.230 e. The molecule has 0 atom stereocenters. The van der Waals surface area contributed by atoms with Crippen molar-refractivity contribution in [1.29, 1.82) is 0 Å². The van der Waals surface area contributed by atoms with Crippen LogP contribution in [-0.4, -0.2) is 30.8 Å². The molecule has 6 nitrogen and oxygen atoms in total. The predicted octanol–water partition coefficient (Wildman–Crippen LogP) is 4.00. The van der Waals surface area contributed by atoms with Crippen LogP contribution in [0.25, 0.3) is 0 Å². The third-order valence-corrected chi connectivity index (χ3v) is 7.11. The third kappa shape index (κ3) is 5.09. The van der Waals surface area contributed by atoms with E-state index in [4.69, 9.17) is 11.6 Å². The Kier molecular flexibility index (Phi) is 6.46. The fraction of sp³-hybridized carbons (Fsp3) is 0.150. The number of nitrogens with one attached hydrogen (secondary N) is 1. The number of nitrogens with zero attached hydrogens (tertiary/aromatic N) is 1. The van der Waals surface area contributed by atoms with Crippen molar-refractivity contribution in [2.24, 2.45) is 0 Å². The van der Waals surface area contributed by atoms with Crippen molar-refractivity contribution in [2.75, 3.05) is 11.1 Å². The lowest BCUT2D eigenvalue weighted by atomic mass is 10.1. The van der Waals surface area contributed by atoms with Gasteiger partial charge in [0, 0.05) is 5.56 Å². The molecule has 2 aromatic carbocycles. The number of sulfone groups is 1. The molecule has 1 N–H and O–H groups in total. The van der Waals surface area contributed by atoms with Crippen molar-refractivity contribution in [3.63, 3.8) is 0 Å². The van der Waals surface area contributed by atoms with Crippen LogP contribution in [0.5, 0.6) is 0 Å². The Hall–Kier alpha value is -2.55. The van der Waals surface area contributed by atoms with Gasteiger partial charge in [-0.1, -0.05) is 54.1 Å². The first-order valence-corrected chi connectivity index (χ1v) is 11.5. The highest BCUT2D eigenvalue weighted by atomic mass is 35.5. The van der Waals surface area contributed by atoms with Crippen molar-refractivity contribution in [3.8, 4) is 0 Å². The van der Waals surface area contributed by atoms with E-state index in [2.05, 4.69) is 10.3 Å². The summed E-state index contributed by atoms with van der Waals surface area (Å²) in [5, 5.41) is 3.31. The van der Waals surface area contributed by atoms with Gasteiger partial charge in [0.15, 0.2) is 15.0 Å². The first-order valence-electron chi connectivity index (χ1n) is 8.67. The number of rotatable bonds is 7. The number of aromatic nitrogens is 1. The molecule has 0 aliphatic carbocycles. The summed E-state index contributed by atoms with van der Waals surface area (Å²) in [5.74, 6) is -0.560. The number of ketones is 1. The van der Waals surface area contributed by atoms with Crippen molar-refractivity contribution in [3.05, 3.63) is 75.8 Å². The number of halogens is 1. The number of anilines is 1. The molecule has 9 heteroatoms. The van der Waals surface area contributed by atoms with E-state index in [1.165, 1.54) is 18.3 Å². The number of amides is 1. The Morgan fingerprint density at radius 3 is 2.45 bits per heavy atom. The van der Waals surface area contributed by atoms with Crippen LogP contribution in [0.3, 0.4) is 0 Å². The van der Waals surface area contributed by atoms with Crippen LogP contribution in [0.4, 0.5) is 5.13 Å². The van der Waals surface area contributed by atoms with Crippen molar-refractivity contribution in [1.82, 2.24) is 4.98 Å². The molecule has 29 heavy (non-hydrogen) atoms. The number of hydrogen-bond acceptors (Lipinski definition) is 6. The summed E-state index contributed by atoms with van der Waals surface area (Å²) in [6.07, 6.45) is 1.45. The lowest BCUT2D eigenvalue weighted by molar-refractivity contribution is -0.115. The maximum absolute atomic E-state index is 12.5. The minimum Gasteiger partial charge on any atom is -0.302 e. The van der Waals surface area contributed by atoms with Gasteiger partial charge in [-0.05, 0) is 29.8 Å². The molecule has 1 amide bonds. The number of hydrogen-bond donors (Lipinski definition) is 1. The highest BCUT2D eigenvalue weighted by molar-refractivity contribution is 7.91. The van der Waals surface area contributed by atoms with E-state index in [0.717, 1.165) is 11.3 Å². The summed E-state index contributed by atoms with van der Waals surface area (Å²) in [6.45, 7) is 1.58. The second-order valence-corrected chi connectivity index (χ2v) is 9.83. The molecule has 0 unspecified atom stereocenters. The Morgan fingerprint density at radius 2 is 1.79 bits per heavy atom. The van der Waals surface area contributed by atoms with Crippen LogP contribution >= 0.6 is 22.9 Å². The zero-order valence-corrected chi connectivity index (χ0v) is 17.8. The molecule has 1 heterocycles. The van der Waals surface area contributed by atoms with E-state index in [0.29, 0.717) is 26.2 Å². The fourth-order valence-electron chi connectivity index (χ4n) is 2.55. The van der Waals surface area contributed by atoms with Crippen LogP contribution in [0.2, 0.25) is 5.02 Å². The Bertz CT molecular complexity index is 1160. The molecular formula is C20H17ClN2O4S2. The van der Waals surface area contributed by atoms with E-state index >= 15 is 0 Å². The topological polar surface area (TPSA) is 93.2 Å². The van der Waals surface area contributed by atoms with Gasteiger partial charge in [0.05, 0.1) is 33.2 Å². The van der Waals surface area contributed by atoms with E-state index in [9.17, 15) is 18.0 Å². The lowest BCUT2D eigenvalue weighted by Gasteiger charge is -2.04. The molecule has 0 spiro atoms. The van der Waals surface area contributed by atoms with Crippen LogP contribution in [0.15, 0.2) is 59.6 Å². The molecule has 0 bridgehead atoms. The molecule has 0 aliphatic heterocycles. The van der Waals surface area contributed by atoms with Gasteiger partial charge in [0.25, 0.3) is 0 Å². The molecule has 3 aromatic rings. The van der Waals surface area contributed by atoms with E-state index < -0.39 is 9.84 Å². The Labute approximate surface area is 177 Å². The molecule has 1 aromatic heterocycles. The van der Waals surface area contributed by atoms with Crippen LogP contribution in [-0.2, 0) is 21.1 Å². The predicted molar refractivity (Wildman–Crippen MR) is 114 cm³/mol. The van der Waals surface area contributed by atoms with Crippen molar-refractivity contribution < 1.29 is 18.0 Å². The van der Waals surface area contributed by atoms with Crippen LogP contribution < -0.4 is 5.32 Å². The van der Waals surface area contributed by atoms with Crippen LogP contribution in [0.1, 0.15) is 27.7 Å². The van der Waals surface area contributed by atoms with Crippen molar-refractivity contribution >= 4 is 49.6 Å². The number of thiazole rings is 1. The molecule has 0 radical (unpaired) electrons. The second-order valence-electron chi connectivity index (χ2n) is 6.11. The second kappa shape index (κ2) is 8.86. The van der Waals surface area contributed by atoms with Gasteiger partial charge in [-0.25, -0.2) is 13.4 Å². The minimum absolute atomic E-state index is 0.0200. The first kappa shape index (κ1) is 21.2. The molecule has 0 saturated heterocycles. The normalized spacial score (nSPS) is 11.2. The summed E-state index contributed by atoms with van der Waals surface area (Å²) < 4.78 is 23.7. The molecule has 150 valence electrons. The summed E-state index contributed by atoms with van der Waals surface area (Å²) in [6, 6.07) is 12.9. The van der Waals surface area contributed by atoms with Gasteiger partial charge in [-0.2, -0.15) is 0 Å². The average molecular weight is 449 g/mol. The SMILES string of the molecule is CCS(=O)(=O)c1ccc(CC(=O)Nc2ncc(C(=O)c3ccccc3Cl)s2)cc1. The van der Waals surface area contributed by atoms with Gasteiger partial charge in [0.2, 0.25) is 11.7 Å². The highest BCUT2D eigenvalue weighted by Crippen LogP contribution is 2.25. The molecule has 0 aliphatic rings. The standard InChI is InChI=1S/C20H17ClN2O4S2/c1-2-29(26,27)14-9-7-13(8-10-14)11-18(24)23-20-22-12-17(28-20)19(25)15-5-3-4-6-16(15)21/h3-10,12H,2,11H2,1H3,(H,22,23,24). The Balaban J connectivity index is 1.65. The summed E-state index contributed by atoms with van der Waals surface area (Å²) >= 11 is 7.12. The number of carbonyl (C=O) groups excluding carboxylic acids is 2. The van der Waals surface area contributed by atoms with E-state index in [1.807, 2.05) is 0 Å². The van der Waals surface area contributed by atoms with Gasteiger partial charge < -0.3 is 5.32 Å². The van der Waals surface area contributed by atoms with Gasteiger partial charge >= 0.3 is 0 Å². The molecule has 0 saturated carbocycles. The maximum atomic E-state index is 12.5. The quantitative estimate of drug-likeness (QED) is 0.551. The highest BCUT2D eigenvalue weighted by Gasteiger charge is 2.17. The lowest BCUT2D eigenvalue weighted by Crippen LogP contribution is -2.14.